The first-order chi connectivity index (χ1) is 38.0. The molecule has 0 saturated heterocycles. The highest BCUT2D eigenvalue weighted by Crippen LogP contribution is 2.52. The molecule has 0 amide bonds. The molecule has 22 heteroatoms. The van der Waals surface area contributed by atoms with Crippen molar-refractivity contribution in [3.05, 3.63) is 0 Å². The maximum absolute atomic E-state index is 14.1. The quantitative estimate of drug-likeness (QED) is 0.0327. The Morgan fingerprint density at radius 1 is 0.375 bits per heavy atom. The van der Waals surface area contributed by atoms with Crippen LogP contribution in [-0.4, -0.2) is 117 Å². The summed E-state index contributed by atoms with van der Waals surface area (Å²) in [6.45, 7) is 18.2. The van der Waals surface area contributed by atoms with E-state index in [0.29, 0.717) is 38.9 Å². The predicted octanol–water partition coefficient (Wildman–Crippen LogP) is 17.6. The second kappa shape index (κ2) is 46.5. The zero-order valence-electron chi connectivity index (χ0n) is 52.2. The van der Waals surface area contributed by atoms with E-state index in [-0.39, 0.29) is 49.3 Å². The van der Waals surface area contributed by atoms with Crippen LogP contribution in [0.3, 0.4) is 0 Å². The first-order valence-electron chi connectivity index (χ1n) is 31.5. The molecular formula is C58H121FO17P4. The third-order valence-electron chi connectivity index (χ3n) is 15.2. The van der Waals surface area contributed by atoms with Gasteiger partial charge in [-0.05, 0) is 86.9 Å². The topological polar surface area (TPSA) is 232 Å². The minimum Gasteiger partial charge on any atom is -0.378 e. The summed E-state index contributed by atoms with van der Waals surface area (Å²) in [6.07, 6.45) is 23.3. The molecule has 0 rings (SSSR count). The lowest BCUT2D eigenvalue weighted by molar-refractivity contribution is -0.0485. The molecule has 0 radical (unpaired) electrons. The number of phosphoric ester groups is 2. The van der Waals surface area contributed by atoms with Crippen LogP contribution >= 0.6 is 30.8 Å². The van der Waals surface area contributed by atoms with Crippen molar-refractivity contribution in [2.45, 2.75) is 280 Å². The molecule has 7 unspecified atom stereocenters. The molecule has 0 saturated carbocycles. The van der Waals surface area contributed by atoms with E-state index in [1.54, 1.807) is 0 Å². The van der Waals surface area contributed by atoms with E-state index in [9.17, 15) is 42.2 Å². The molecule has 0 aliphatic carbocycles. The normalized spacial score (nSPS) is 16.9. The Kier molecular flexibility index (Phi) is 46.7. The van der Waals surface area contributed by atoms with Crippen LogP contribution in [0.2, 0.25) is 0 Å². The lowest BCUT2D eigenvalue weighted by atomic mass is 9.75. The lowest BCUT2D eigenvalue weighted by Crippen LogP contribution is -2.33. The number of halogens is 1. The molecule has 4 N–H and O–H groups in total. The van der Waals surface area contributed by atoms with Crippen molar-refractivity contribution in [3.63, 3.8) is 0 Å². The van der Waals surface area contributed by atoms with Gasteiger partial charge in [-0.1, -0.05) is 191 Å². The van der Waals surface area contributed by atoms with Crippen LogP contribution < -0.4 is 0 Å². The fourth-order valence-electron chi connectivity index (χ4n) is 10.4. The summed E-state index contributed by atoms with van der Waals surface area (Å²) < 4.78 is 119. The molecule has 0 aromatic heterocycles. The second-order valence-electron chi connectivity index (χ2n) is 23.2. The Balaban J connectivity index is 6.99. The van der Waals surface area contributed by atoms with Crippen molar-refractivity contribution in [2.75, 3.05) is 79.0 Å². The standard InChI is InChI=1S/C58H121FO17P4/c1-11-20-33-56(34-21-12-2,35-22-13-3)50-68-44-53(74-77(10,60)61)47-72-79(64,65)75-54(45-69-51-57(36-23-14-4,37-24-15-5)38-25-16-6)48-73-80(66,67)76-55(49-78(62,63)71-43-32-30-29-31-42-59)46-70-52-58(39-26-17-7,40-27-18-8)41-28-19-9/h53-55H,11-52H2,1-10H3,(H,60,61)(H,62,63)(H,64,65)(H,66,67). The van der Waals surface area contributed by atoms with E-state index in [4.69, 9.17) is 41.4 Å². The largest absolute Gasteiger partial charge is 0.472 e. The van der Waals surface area contributed by atoms with Gasteiger partial charge in [0.05, 0.1) is 72.3 Å². The van der Waals surface area contributed by atoms with E-state index >= 15 is 0 Å². The van der Waals surface area contributed by atoms with Crippen LogP contribution in [0.25, 0.3) is 0 Å². The van der Waals surface area contributed by atoms with Gasteiger partial charge >= 0.3 is 30.8 Å². The monoisotopic (exact) mass is 1230 g/mol. The molecule has 0 heterocycles. The Hall–Kier alpha value is 0.330. The SMILES string of the molecule is CCCCC(CCCC)(CCCC)COCC(COP(=O)(O)OC(COCC(CCCC)(CCCC)CCCC)COP(=O)(O)OC(COCC(CCCC)(CCCC)CCCC)CP(=O)(O)OCCCCCCF)OP(C)(=O)O. The highest BCUT2D eigenvalue weighted by molar-refractivity contribution is 7.53. The average molecular weight is 1230 g/mol. The van der Waals surface area contributed by atoms with Crippen LogP contribution in [0, 0.1) is 16.2 Å². The zero-order valence-corrected chi connectivity index (χ0v) is 55.8. The molecule has 7 atom stereocenters. The average Bonchev–Trinajstić information content (AvgIpc) is 3.40. The smallest absolute Gasteiger partial charge is 0.378 e. The van der Waals surface area contributed by atoms with Gasteiger partial charge in [0, 0.05) is 6.66 Å². The molecule has 0 aromatic carbocycles. The van der Waals surface area contributed by atoms with Crippen LogP contribution in [0.5, 0.6) is 0 Å². The molecule has 0 spiro atoms. The summed E-state index contributed by atoms with van der Waals surface area (Å²) in [5.74, 6) is 0. The Bertz CT molecular complexity index is 1610. The van der Waals surface area contributed by atoms with Gasteiger partial charge in [0.2, 0.25) is 0 Å². The van der Waals surface area contributed by atoms with Gasteiger partial charge < -0.3 is 42.8 Å². The van der Waals surface area contributed by atoms with Crippen LogP contribution in [0.4, 0.5) is 4.39 Å². The maximum Gasteiger partial charge on any atom is 0.472 e. The van der Waals surface area contributed by atoms with Gasteiger partial charge in [-0.2, -0.15) is 0 Å². The molecular weight excluding hydrogens is 1110 g/mol. The molecule has 0 fully saturated rings. The number of alkyl halides is 1. The second-order valence-corrected chi connectivity index (χ2v) is 29.8. The van der Waals surface area contributed by atoms with Gasteiger partial charge in [0.1, 0.15) is 18.3 Å². The third kappa shape index (κ3) is 40.7. The van der Waals surface area contributed by atoms with Gasteiger partial charge in [-0.25, -0.2) is 9.13 Å². The maximum atomic E-state index is 14.1. The molecule has 17 nitrogen and oxygen atoms in total. The first kappa shape index (κ1) is 80.3. The zero-order chi connectivity index (χ0) is 60.3. The van der Waals surface area contributed by atoms with Crippen molar-refractivity contribution < 1.29 is 83.6 Å². The van der Waals surface area contributed by atoms with E-state index in [0.717, 1.165) is 180 Å². The molecule has 0 bridgehead atoms. The van der Waals surface area contributed by atoms with Crippen molar-refractivity contribution in [1.29, 1.82) is 0 Å². The Labute approximate surface area is 487 Å². The number of phosphoric acid groups is 2. The minimum atomic E-state index is -5.19. The van der Waals surface area contributed by atoms with E-state index in [2.05, 4.69) is 62.3 Å². The first-order valence-corrected chi connectivity index (χ1v) is 38.3. The number of ether oxygens (including phenoxy) is 3. The molecule has 482 valence electrons. The number of hydrogen-bond acceptors (Lipinski definition) is 13. The summed E-state index contributed by atoms with van der Waals surface area (Å²) >= 11 is 0. The highest BCUT2D eigenvalue weighted by atomic mass is 31.2. The molecule has 0 aliphatic heterocycles. The number of unbranched alkanes of at least 4 members (excludes halogenated alkanes) is 12. The van der Waals surface area contributed by atoms with Gasteiger partial charge in [-0.3, -0.25) is 31.6 Å². The van der Waals surface area contributed by atoms with Gasteiger partial charge in [0.25, 0.3) is 0 Å². The van der Waals surface area contributed by atoms with Crippen molar-refractivity contribution in [2.24, 2.45) is 16.2 Å². The Morgan fingerprint density at radius 2 is 0.662 bits per heavy atom. The summed E-state index contributed by atoms with van der Waals surface area (Å²) in [7, 11) is -18.9. The van der Waals surface area contributed by atoms with Gasteiger partial charge in [-0.15, -0.1) is 0 Å². The highest BCUT2D eigenvalue weighted by Gasteiger charge is 2.39. The number of hydrogen-bond donors (Lipinski definition) is 4. The Morgan fingerprint density at radius 3 is 0.963 bits per heavy atom. The molecule has 0 aromatic rings. The van der Waals surface area contributed by atoms with Crippen LogP contribution in [0.1, 0.15) is 261 Å². The minimum absolute atomic E-state index is 0.0937. The van der Waals surface area contributed by atoms with E-state index < -0.39 is 75.2 Å². The predicted molar refractivity (Wildman–Crippen MR) is 322 cm³/mol. The lowest BCUT2D eigenvalue weighted by Gasteiger charge is -2.35. The summed E-state index contributed by atoms with van der Waals surface area (Å²) in [5, 5.41) is 0. The summed E-state index contributed by atoms with van der Waals surface area (Å²) in [4.78, 5) is 44.2. The van der Waals surface area contributed by atoms with Gasteiger partial charge in [0.15, 0.2) is 0 Å². The fraction of sp³-hybridized carbons (Fsp3) is 1.00. The fourth-order valence-corrected chi connectivity index (χ4v) is 14.3. The van der Waals surface area contributed by atoms with Crippen molar-refractivity contribution in [1.82, 2.24) is 0 Å². The molecule has 0 aliphatic rings. The van der Waals surface area contributed by atoms with E-state index in [1.165, 1.54) is 0 Å². The van der Waals surface area contributed by atoms with Crippen LogP contribution in [-0.2, 0) is 59.6 Å². The van der Waals surface area contributed by atoms with Crippen LogP contribution in [0.15, 0.2) is 0 Å². The van der Waals surface area contributed by atoms with Crippen molar-refractivity contribution in [3.8, 4) is 0 Å². The summed E-state index contributed by atoms with van der Waals surface area (Å²) in [5.41, 5.74) is -0.482. The molecule has 80 heavy (non-hydrogen) atoms. The number of rotatable bonds is 60. The summed E-state index contributed by atoms with van der Waals surface area (Å²) in [6, 6.07) is 0. The van der Waals surface area contributed by atoms with E-state index in [1.807, 2.05) is 0 Å². The van der Waals surface area contributed by atoms with Crippen molar-refractivity contribution >= 4 is 30.8 Å². The third-order valence-corrected chi connectivity index (χ3v) is 19.4.